The molecule has 0 aliphatic rings. The average Bonchev–Trinajstić information content (AvgIpc) is 2.94. The van der Waals surface area contributed by atoms with E-state index in [0.717, 1.165) is 30.6 Å². The van der Waals surface area contributed by atoms with Crippen LogP contribution in [-0.2, 0) is 19.2 Å². The van der Waals surface area contributed by atoms with Gasteiger partial charge in [0.15, 0.2) is 0 Å². The second-order valence-corrected chi connectivity index (χ2v) is 9.70. The number of hydrogen-bond acceptors (Lipinski definition) is 7. The molecule has 0 saturated heterocycles. The molecule has 246 valence electrons. The standard InChI is InChI=1S/C30H21F6N3O8/c31-29(32,33)13-19(27(44)45)5-15-1-3-37-21(8-15)23-10-17(7-18(26(42)43)12-25(40)41)11-24(39-23)22-9-16(2-4-38-22)6-20(28(46)47)14-30(34,35)36/h1-11H,12-14H2,(H,40,41)(H,42,43)(H,44,45)(H,46,47)/b18-7+,19-5+,20-6+. The Morgan fingerprint density at radius 1 is 0.574 bits per heavy atom. The van der Waals surface area contributed by atoms with Crippen LogP contribution in [0, 0.1) is 0 Å². The van der Waals surface area contributed by atoms with Gasteiger partial charge in [-0.25, -0.2) is 19.4 Å². The van der Waals surface area contributed by atoms with E-state index in [1.165, 1.54) is 36.4 Å². The molecule has 0 amide bonds. The van der Waals surface area contributed by atoms with Crippen molar-refractivity contribution in [3.05, 3.63) is 82.2 Å². The first-order valence-corrected chi connectivity index (χ1v) is 12.9. The maximum atomic E-state index is 12.9. The fourth-order valence-corrected chi connectivity index (χ4v) is 4.01. The van der Waals surface area contributed by atoms with Crippen molar-refractivity contribution >= 4 is 42.1 Å². The minimum Gasteiger partial charge on any atom is -0.481 e. The minimum atomic E-state index is -4.83. The van der Waals surface area contributed by atoms with Gasteiger partial charge in [-0.15, -0.1) is 0 Å². The van der Waals surface area contributed by atoms with Crippen molar-refractivity contribution in [3.8, 4) is 22.8 Å². The summed E-state index contributed by atoms with van der Waals surface area (Å²) in [6.45, 7) is 0. The van der Waals surface area contributed by atoms with Gasteiger partial charge in [-0.1, -0.05) is 0 Å². The molecule has 0 aromatic carbocycles. The molecule has 0 aliphatic carbocycles. The van der Waals surface area contributed by atoms with E-state index in [-0.39, 0.29) is 39.5 Å². The first kappa shape index (κ1) is 35.6. The van der Waals surface area contributed by atoms with Gasteiger partial charge in [-0.2, -0.15) is 26.3 Å². The van der Waals surface area contributed by atoms with E-state index in [2.05, 4.69) is 15.0 Å². The number of hydrogen-bond donors (Lipinski definition) is 4. The van der Waals surface area contributed by atoms with Crippen molar-refractivity contribution in [1.82, 2.24) is 15.0 Å². The Labute approximate surface area is 259 Å². The second kappa shape index (κ2) is 14.5. The number of nitrogens with zero attached hydrogens (tertiary/aromatic N) is 3. The summed E-state index contributed by atoms with van der Waals surface area (Å²) in [7, 11) is 0. The van der Waals surface area contributed by atoms with Crippen LogP contribution in [0.15, 0.2) is 65.5 Å². The van der Waals surface area contributed by atoms with Gasteiger partial charge in [0, 0.05) is 29.1 Å². The lowest BCUT2D eigenvalue weighted by Crippen LogP contribution is -2.13. The zero-order chi connectivity index (χ0) is 35.1. The van der Waals surface area contributed by atoms with Crippen molar-refractivity contribution in [2.75, 3.05) is 0 Å². The van der Waals surface area contributed by atoms with Gasteiger partial charge < -0.3 is 20.4 Å². The molecular formula is C30H21F6N3O8. The number of aliphatic carboxylic acids is 4. The predicted molar refractivity (Wildman–Crippen MR) is 151 cm³/mol. The molecule has 0 spiro atoms. The highest BCUT2D eigenvalue weighted by Gasteiger charge is 2.32. The molecule has 0 fully saturated rings. The molecule has 17 heteroatoms. The van der Waals surface area contributed by atoms with Crippen LogP contribution in [0.2, 0.25) is 0 Å². The normalized spacial score (nSPS) is 12.9. The third-order valence-electron chi connectivity index (χ3n) is 5.91. The monoisotopic (exact) mass is 665 g/mol. The van der Waals surface area contributed by atoms with Crippen LogP contribution in [0.4, 0.5) is 26.3 Å². The van der Waals surface area contributed by atoms with Gasteiger partial charge >= 0.3 is 36.2 Å². The molecule has 47 heavy (non-hydrogen) atoms. The highest BCUT2D eigenvalue weighted by molar-refractivity contribution is 5.97. The Kier molecular flexibility index (Phi) is 11.0. The van der Waals surface area contributed by atoms with Gasteiger partial charge in [-0.05, 0) is 71.3 Å². The van der Waals surface area contributed by atoms with Crippen molar-refractivity contribution < 1.29 is 65.9 Å². The summed E-state index contributed by atoms with van der Waals surface area (Å²) in [5, 5.41) is 37.1. The number of carboxylic acid groups (broad SMARTS) is 4. The van der Waals surface area contributed by atoms with E-state index in [9.17, 15) is 60.8 Å². The van der Waals surface area contributed by atoms with Crippen molar-refractivity contribution in [2.24, 2.45) is 0 Å². The van der Waals surface area contributed by atoms with Crippen LogP contribution in [0.5, 0.6) is 0 Å². The lowest BCUT2D eigenvalue weighted by Gasteiger charge is -2.10. The summed E-state index contributed by atoms with van der Waals surface area (Å²) in [5.74, 6) is -6.71. The molecule has 3 rings (SSSR count). The van der Waals surface area contributed by atoms with Crippen LogP contribution in [0.25, 0.3) is 41.0 Å². The van der Waals surface area contributed by atoms with Crippen molar-refractivity contribution in [2.45, 2.75) is 31.6 Å². The zero-order valence-corrected chi connectivity index (χ0v) is 23.5. The van der Waals surface area contributed by atoms with Gasteiger partial charge in [0.2, 0.25) is 0 Å². The number of carboxylic acids is 4. The molecule has 11 nitrogen and oxygen atoms in total. The molecule has 0 bridgehead atoms. The van der Waals surface area contributed by atoms with E-state index in [4.69, 9.17) is 5.11 Å². The van der Waals surface area contributed by atoms with Gasteiger partial charge in [0.1, 0.15) is 0 Å². The van der Waals surface area contributed by atoms with Crippen LogP contribution in [0.1, 0.15) is 36.0 Å². The Morgan fingerprint density at radius 3 is 1.28 bits per heavy atom. The lowest BCUT2D eigenvalue weighted by atomic mass is 10.0. The van der Waals surface area contributed by atoms with Gasteiger partial charge in [0.25, 0.3) is 0 Å². The number of alkyl halides is 6. The van der Waals surface area contributed by atoms with Crippen LogP contribution in [0.3, 0.4) is 0 Å². The Hall–Kier alpha value is -5.87. The first-order chi connectivity index (χ1) is 21.8. The summed E-state index contributed by atoms with van der Waals surface area (Å²) < 4.78 is 77.5. The Balaban J connectivity index is 2.23. The van der Waals surface area contributed by atoms with E-state index in [1.54, 1.807) is 0 Å². The maximum Gasteiger partial charge on any atom is 0.393 e. The van der Waals surface area contributed by atoms with Crippen molar-refractivity contribution in [3.63, 3.8) is 0 Å². The Bertz CT molecular complexity index is 1710. The average molecular weight is 665 g/mol. The fourth-order valence-electron chi connectivity index (χ4n) is 4.01. The molecular weight excluding hydrogens is 644 g/mol. The minimum absolute atomic E-state index is 0.0146. The van der Waals surface area contributed by atoms with Crippen LogP contribution >= 0.6 is 0 Å². The topological polar surface area (TPSA) is 188 Å². The zero-order valence-electron chi connectivity index (χ0n) is 23.5. The molecule has 0 unspecified atom stereocenters. The predicted octanol–water partition coefficient (Wildman–Crippen LogP) is 5.99. The highest BCUT2D eigenvalue weighted by atomic mass is 19.4. The smallest absolute Gasteiger partial charge is 0.393 e. The third-order valence-corrected chi connectivity index (χ3v) is 5.91. The van der Waals surface area contributed by atoms with Gasteiger partial charge in [0.05, 0.1) is 42.0 Å². The van der Waals surface area contributed by atoms with Crippen molar-refractivity contribution in [1.29, 1.82) is 0 Å². The molecule has 4 N–H and O–H groups in total. The van der Waals surface area contributed by atoms with E-state index < -0.39 is 72.2 Å². The molecule has 0 aliphatic heterocycles. The molecule has 0 saturated carbocycles. The Morgan fingerprint density at radius 2 is 0.936 bits per heavy atom. The highest BCUT2D eigenvalue weighted by Crippen LogP contribution is 2.30. The molecule has 0 radical (unpaired) electrons. The van der Waals surface area contributed by atoms with Gasteiger partial charge in [-0.3, -0.25) is 14.8 Å². The lowest BCUT2D eigenvalue weighted by molar-refractivity contribution is -0.142. The third kappa shape index (κ3) is 11.2. The SMILES string of the molecule is O=C(O)C/C(=C\c1cc(-c2cc(/C=C(\CC(F)(F)F)C(=O)O)ccn2)nc(-c2cc(/C=C(\CC(F)(F)F)C(=O)O)ccn2)c1)C(=O)O. The van der Waals surface area contributed by atoms with E-state index in [1.807, 2.05) is 0 Å². The number of carbonyl (C=O) groups is 4. The van der Waals surface area contributed by atoms with E-state index in [0.29, 0.717) is 0 Å². The summed E-state index contributed by atoms with van der Waals surface area (Å²) in [6, 6.07) is 7.26. The molecule has 3 heterocycles. The number of pyridine rings is 3. The summed E-state index contributed by atoms with van der Waals surface area (Å²) in [4.78, 5) is 58.3. The van der Waals surface area contributed by atoms with Crippen LogP contribution < -0.4 is 0 Å². The maximum absolute atomic E-state index is 12.9. The van der Waals surface area contributed by atoms with Crippen LogP contribution in [-0.4, -0.2) is 71.6 Å². The number of rotatable bonds is 12. The summed E-state index contributed by atoms with van der Waals surface area (Å²) in [6.07, 6.45) is -9.29. The fraction of sp³-hybridized carbons (Fsp3) is 0.167. The quantitative estimate of drug-likeness (QED) is 0.131. The largest absolute Gasteiger partial charge is 0.481 e. The summed E-state index contributed by atoms with van der Waals surface area (Å²) >= 11 is 0. The second-order valence-electron chi connectivity index (χ2n) is 9.70. The molecule has 3 aromatic heterocycles. The number of halogens is 6. The molecule has 3 aromatic rings. The molecule has 0 atom stereocenters. The number of aromatic nitrogens is 3. The first-order valence-electron chi connectivity index (χ1n) is 12.9. The van der Waals surface area contributed by atoms with E-state index >= 15 is 0 Å². The summed E-state index contributed by atoms with van der Waals surface area (Å²) in [5.41, 5.74) is -2.88.